The molecule has 1 amide bonds. The summed E-state index contributed by atoms with van der Waals surface area (Å²) in [5.41, 5.74) is 0. The lowest BCUT2D eigenvalue weighted by molar-refractivity contribution is -0.274. The minimum Gasteiger partial charge on any atom is -0.334 e. The lowest BCUT2D eigenvalue weighted by atomic mass is 10.2. The molecule has 1 N–H and O–H groups in total. The lowest BCUT2D eigenvalue weighted by Gasteiger charge is -2.34. The van der Waals surface area contributed by atoms with E-state index in [1.807, 2.05) is 0 Å². The fraction of sp³-hybridized carbons (Fsp3) is 0.875. The maximum absolute atomic E-state index is 12.7. The van der Waals surface area contributed by atoms with Crippen LogP contribution in [0.15, 0.2) is 0 Å². The monoisotopic (exact) mass is 246 g/mol. The third-order valence-electron chi connectivity index (χ3n) is 2.28. The van der Waals surface area contributed by atoms with Crippen molar-refractivity contribution in [2.24, 2.45) is 0 Å². The number of nitrogens with zero attached hydrogens (tertiary/aromatic N) is 1. The standard InChI is InChI=1S/C8H11F5N2O/c1-5-4-15(3-2-14-5)6(16)7(9,10)8(11,12)13/h5,14H,2-4H2,1H3. The Kier molecular flexibility index (Phi) is 3.41. The zero-order valence-corrected chi connectivity index (χ0v) is 8.44. The van der Waals surface area contributed by atoms with Gasteiger partial charge in [-0.3, -0.25) is 4.79 Å². The third kappa shape index (κ3) is 2.42. The van der Waals surface area contributed by atoms with Crippen molar-refractivity contribution in [1.29, 1.82) is 0 Å². The van der Waals surface area contributed by atoms with E-state index in [4.69, 9.17) is 0 Å². The molecule has 1 aliphatic rings. The molecule has 1 saturated heterocycles. The second-order valence-electron chi connectivity index (χ2n) is 3.68. The fourth-order valence-corrected chi connectivity index (χ4v) is 1.44. The van der Waals surface area contributed by atoms with Crippen molar-refractivity contribution in [3.63, 3.8) is 0 Å². The van der Waals surface area contributed by atoms with E-state index in [9.17, 15) is 26.7 Å². The van der Waals surface area contributed by atoms with Gasteiger partial charge in [0.25, 0.3) is 0 Å². The minimum atomic E-state index is -5.84. The van der Waals surface area contributed by atoms with Crippen molar-refractivity contribution in [3.8, 4) is 0 Å². The number of carbonyl (C=O) groups excluding carboxylic acids is 1. The van der Waals surface area contributed by atoms with Crippen molar-refractivity contribution in [3.05, 3.63) is 0 Å². The summed E-state index contributed by atoms with van der Waals surface area (Å²) in [6, 6.07) is -0.290. The largest absolute Gasteiger partial charge is 0.463 e. The third-order valence-corrected chi connectivity index (χ3v) is 2.28. The summed E-state index contributed by atoms with van der Waals surface area (Å²) in [7, 11) is 0. The zero-order valence-electron chi connectivity index (χ0n) is 8.44. The highest BCUT2D eigenvalue weighted by atomic mass is 19.4. The number of halogens is 5. The number of alkyl halides is 5. The highest BCUT2D eigenvalue weighted by Crippen LogP contribution is 2.36. The van der Waals surface area contributed by atoms with Gasteiger partial charge >= 0.3 is 18.0 Å². The first-order valence-corrected chi connectivity index (χ1v) is 4.63. The number of hydrogen-bond donors (Lipinski definition) is 1. The topological polar surface area (TPSA) is 32.3 Å². The van der Waals surface area contributed by atoms with E-state index in [0.717, 1.165) is 0 Å². The Morgan fingerprint density at radius 3 is 2.31 bits per heavy atom. The van der Waals surface area contributed by atoms with Crippen molar-refractivity contribution in [1.82, 2.24) is 10.2 Å². The SMILES string of the molecule is CC1CN(C(=O)C(F)(F)C(F)(F)F)CCN1. The van der Waals surface area contributed by atoms with Crippen LogP contribution in [-0.4, -0.2) is 48.6 Å². The number of piperazine rings is 1. The van der Waals surface area contributed by atoms with Crippen LogP contribution in [0, 0.1) is 0 Å². The molecule has 0 aliphatic carbocycles. The second-order valence-corrected chi connectivity index (χ2v) is 3.68. The molecule has 16 heavy (non-hydrogen) atoms. The summed E-state index contributed by atoms with van der Waals surface area (Å²) in [6.45, 7) is 1.52. The summed E-state index contributed by atoms with van der Waals surface area (Å²) in [6.07, 6.45) is -5.84. The van der Waals surface area contributed by atoms with Crippen LogP contribution in [-0.2, 0) is 4.79 Å². The predicted molar refractivity (Wildman–Crippen MR) is 45.0 cm³/mol. The molecule has 1 heterocycles. The van der Waals surface area contributed by atoms with Crippen LogP contribution < -0.4 is 5.32 Å². The summed E-state index contributed by atoms with van der Waals surface area (Å²) >= 11 is 0. The van der Waals surface area contributed by atoms with E-state index < -0.39 is 18.0 Å². The number of nitrogens with one attached hydrogen (secondary N) is 1. The number of amides is 1. The molecule has 0 aromatic carbocycles. The molecule has 94 valence electrons. The summed E-state index contributed by atoms with van der Waals surface area (Å²) in [5.74, 6) is -7.47. The molecular weight excluding hydrogens is 235 g/mol. The van der Waals surface area contributed by atoms with Crippen molar-refractivity contribution < 1.29 is 26.7 Å². The number of hydrogen-bond acceptors (Lipinski definition) is 2. The fourth-order valence-electron chi connectivity index (χ4n) is 1.44. The van der Waals surface area contributed by atoms with Crippen LogP contribution in [0.4, 0.5) is 22.0 Å². The van der Waals surface area contributed by atoms with Gasteiger partial charge in [-0.25, -0.2) is 0 Å². The normalized spacial score (nSPS) is 23.4. The first kappa shape index (κ1) is 13.1. The predicted octanol–water partition coefficient (Wildman–Crippen LogP) is 1.00. The maximum atomic E-state index is 12.7. The van der Waals surface area contributed by atoms with Crippen LogP contribution in [0.25, 0.3) is 0 Å². The molecule has 8 heteroatoms. The van der Waals surface area contributed by atoms with E-state index in [0.29, 0.717) is 4.90 Å². The van der Waals surface area contributed by atoms with E-state index in [1.54, 1.807) is 6.92 Å². The molecule has 0 radical (unpaired) electrons. The molecule has 3 nitrogen and oxygen atoms in total. The summed E-state index contributed by atoms with van der Waals surface area (Å²) < 4.78 is 61.2. The average Bonchev–Trinajstić information content (AvgIpc) is 2.14. The van der Waals surface area contributed by atoms with Crippen LogP contribution in [0.2, 0.25) is 0 Å². The summed E-state index contributed by atoms with van der Waals surface area (Å²) in [4.78, 5) is 11.6. The Bertz CT molecular complexity index is 278. The molecule has 1 fully saturated rings. The van der Waals surface area contributed by atoms with Gasteiger partial charge in [0.15, 0.2) is 0 Å². The molecule has 0 bridgehead atoms. The van der Waals surface area contributed by atoms with Gasteiger partial charge in [-0.1, -0.05) is 0 Å². The smallest absolute Gasteiger partial charge is 0.334 e. The van der Waals surface area contributed by atoms with Crippen LogP contribution in [0.3, 0.4) is 0 Å². The first-order valence-electron chi connectivity index (χ1n) is 4.63. The Morgan fingerprint density at radius 1 is 1.31 bits per heavy atom. The van der Waals surface area contributed by atoms with Crippen LogP contribution >= 0.6 is 0 Å². The van der Waals surface area contributed by atoms with Gasteiger partial charge in [-0.2, -0.15) is 22.0 Å². The molecule has 0 aromatic heterocycles. The molecule has 1 rings (SSSR count). The van der Waals surface area contributed by atoms with Crippen molar-refractivity contribution >= 4 is 5.91 Å². The highest BCUT2D eigenvalue weighted by molar-refractivity contribution is 5.84. The van der Waals surface area contributed by atoms with Gasteiger partial charge in [0.05, 0.1) is 0 Å². The Labute approximate surface area is 88.6 Å². The van der Waals surface area contributed by atoms with E-state index in [2.05, 4.69) is 5.32 Å². The number of rotatable bonds is 1. The maximum Gasteiger partial charge on any atom is 0.463 e. The number of carbonyl (C=O) groups is 1. The molecule has 1 atom stereocenters. The quantitative estimate of drug-likeness (QED) is 0.700. The highest BCUT2D eigenvalue weighted by Gasteiger charge is 2.64. The van der Waals surface area contributed by atoms with Gasteiger partial charge in [0.2, 0.25) is 0 Å². The average molecular weight is 246 g/mol. The first-order chi connectivity index (χ1) is 7.16. The molecule has 0 spiro atoms. The Balaban J connectivity index is 2.77. The minimum absolute atomic E-state index is 0.144. The molecular formula is C8H11F5N2O. The van der Waals surface area contributed by atoms with E-state index in [-0.39, 0.29) is 25.7 Å². The summed E-state index contributed by atoms with van der Waals surface area (Å²) in [5, 5.41) is 2.84. The Morgan fingerprint density at radius 2 is 1.88 bits per heavy atom. The molecule has 0 saturated carbocycles. The van der Waals surface area contributed by atoms with Crippen molar-refractivity contribution in [2.45, 2.75) is 25.1 Å². The van der Waals surface area contributed by atoms with E-state index >= 15 is 0 Å². The molecule has 1 aliphatic heterocycles. The molecule has 0 aromatic rings. The lowest BCUT2D eigenvalue weighted by Crippen LogP contribution is -2.58. The Hall–Kier alpha value is -0.920. The van der Waals surface area contributed by atoms with Gasteiger partial charge in [0.1, 0.15) is 0 Å². The van der Waals surface area contributed by atoms with Gasteiger partial charge in [-0.15, -0.1) is 0 Å². The van der Waals surface area contributed by atoms with Crippen LogP contribution in [0.1, 0.15) is 6.92 Å². The van der Waals surface area contributed by atoms with Gasteiger partial charge < -0.3 is 10.2 Å². The van der Waals surface area contributed by atoms with Gasteiger partial charge in [-0.05, 0) is 6.92 Å². The molecule has 1 unspecified atom stereocenters. The van der Waals surface area contributed by atoms with Gasteiger partial charge in [0, 0.05) is 25.7 Å². The second kappa shape index (κ2) is 4.15. The van der Waals surface area contributed by atoms with E-state index in [1.165, 1.54) is 0 Å². The van der Waals surface area contributed by atoms with Crippen molar-refractivity contribution in [2.75, 3.05) is 19.6 Å². The zero-order chi connectivity index (χ0) is 12.6. The van der Waals surface area contributed by atoms with Crippen LogP contribution in [0.5, 0.6) is 0 Å².